The highest BCUT2D eigenvalue weighted by Gasteiger charge is 1.41. The van der Waals surface area contributed by atoms with E-state index in [1.165, 1.54) is 0 Å². The van der Waals surface area contributed by atoms with E-state index in [4.69, 9.17) is 0 Å². The van der Waals surface area contributed by atoms with Crippen LogP contribution in [0.1, 0.15) is 6.92 Å². The first-order valence-corrected chi connectivity index (χ1v) is 1.49. The molecule has 0 fully saturated rings. The van der Waals surface area contributed by atoms with Crippen molar-refractivity contribution in [3.8, 4) is 0 Å². The Morgan fingerprint density at radius 1 is 1.80 bits per heavy atom. The van der Waals surface area contributed by atoms with Crippen molar-refractivity contribution in [2.24, 2.45) is 4.99 Å². The normalized spacial score (nSPS) is 9.00. The molecule has 0 aliphatic rings. The van der Waals surface area contributed by atoms with E-state index >= 15 is 0 Å². The molecular weight excluding hydrogens is 62.1 g/mol. The van der Waals surface area contributed by atoms with Crippen LogP contribution in [0.4, 0.5) is 0 Å². The van der Waals surface area contributed by atoms with E-state index in [-0.39, 0.29) is 0 Å². The van der Waals surface area contributed by atoms with E-state index in [9.17, 15) is 0 Å². The second-order valence-electron chi connectivity index (χ2n) is 0.665. The SMILES string of the molecule is C=N/C=C\C. The summed E-state index contributed by atoms with van der Waals surface area (Å²) in [5.41, 5.74) is 0. The molecule has 0 radical (unpaired) electrons. The van der Waals surface area contributed by atoms with Gasteiger partial charge in [-0.2, -0.15) is 0 Å². The monoisotopic (exact) mass is 69.1 g/mol. The minimum absolute atomic E-state index is 1.64. The van der Waals surface area contributed by atoms with Crippen molar-refractivity contribution in [2.45, 2.75) is 6.92 Å². The van der Waals surface area contributed by atoms with Crippen LogP contribution in [0.15, 0.2) is 17.3 Å². The van der Waals surface area contributed by atoms with Crippen LogP contribution in [-0.2, 0) is 0 Å². The van der Waals surface area contributed by atoms with Crippen molar-refractivity contribution in [2.75, 3.05) is 0 Å². The molecule has 0 heterocycles. The third kappa shape index (κ3) is 3.41. The molecule has 5 heavy (non-hydrogen) atoms. The molecule has 0 aromatic heterocycles. The maximum absolute atomic E-state index is 3.42. The summed E-state index contributed by atoms with van der Waals surface area (Å²) in [6, 6.07) is 0. The Morgan fingerprint density at radius 2 is 2.40 bits per heavy atom. The first-order chi connectivity index (χ1) is 2.41. The van der Waals surface area contributed by atoms with Gasteiger partial charge in [0, 0.05) is 6.20 Å². The van der Waals surface area contributed by atoms with Crippen LogP contribution in [0, 0.1) is 0 Å². The Kier molecular flexibility index (Phi) is 3.01. The summed E-state index contributed by atoms with van der Waals surface area (Å²) >= 11 is 0. The number of rotatable bonds is 1. The fraction of sp³-hybridized carbons (Fsp3) is 0.250. The van der Waals surface area contributed by atoms with Crippen LogP contribution in [0.5, 0.6) is 0 Å². The zero-order valence-electron chi connectivity index (χ0n) is 3.31. The van der Waals surface area contributed by atoms with E-state index in [1.807, 2.05) is 13.0 Å². The van der Waals surface area contributed by atoms with Crippen molar-refractivity contribution < 1.29 is 0 Å². The van der Waals surface area contributed by atoms with Gasteiger partial charge in [0.2, 0.25) is 0 Å². The van der Waals surface area contributed by atoms with Gasteiger partial charge in [-0.3, -0.25) is 4.99 Å². The van der Waals surface area contributed by atoms with Crippen LogP contribution < -0.4 is 0 Å². The smallest absolute Gasteiger partial charge is 0.0217 e. The molecule has 0 saturated heterocycles. The summed E-state index contributed by atoms with van der Waals surface area (Å²) in [5.74, 6) is 0. The summed E-state index contributed by atoms with van der Waals surface area (Å²) in [5, 5.41) is 0. The molecular formula is C4H7N. The number of nitrogens with zero attached hydrogens (tertiary/aromatic N) is 1. The minimum Gasteiger partial charge on any atom is -0.273 e. The summed E-state index contributed by atoms with van der Waals surface area (Å²) in [7, 11) is 0. The fourth-order valence-electron chi connectivity index (χ4n) is 0.105. The Balaban J connectivity index is 2.92. The van der Waals surface area contributed by atoms with Crippen LogP contribution in [-0.4, -0.2) is 6.72 Å². The highest BCUT2D eigenvalue weighted by atomic mass is 14.6. The molecule has 0 saturated carbocycles. The minimum atomic E-state index is 1.64. The van der Waals surface area contributed by atoms with Crippen molar-refractivity contribution in [1.82, 2.24) is 0 Å². The summed E-state index contributed by atoms with van der Waals surface area (Å²) in [6.45, 7) is 5.11. The molecule has 1 heteroatoms. The van der Waals surface area contributed by atoms with E-state index < -0.39 is 0 Å². The van der Waals surface area contributed by atoms with Crippen LogP contribution in [0.2, 0.25) is 0 Å². The Labute approximate surface area is 32.0 Å². The van der Waals surface area contributed by atoms with Crippen molar-refractivity contribution in [3.05, 3.63) is 12.3 Å². The van der Waals surface area contributed by atoms with E-state index in [0.717, 1.165) is 0 Å². The molecule has 0 amide bonds. The zero-order valence-corrected chi connectivity index (χ0v) is 3.31. The predicted octanol–water partition coefficient (Wildman–Crippen LogP) is 1.22. The van der Waals surface area contributed by atoms with Crippen molar-refractivity contribution in [1.29, 1.82) is 0 Å². The molecule has 0 atom stereocenters. The van der Waals surface area contributed by atoms with E-state index in [2.05, 4.69) is 11.7 Å². The first-order valence-electron chi connectivity index (χ1n) is 1.49. The number of hydrogen-bond donors (Lipinski definition) is 0. The third-order valence-corrected chi connectivity index (χ3v) is 0.254. The third-order valence-electron chi connectivity index (χ3n) is 0.254. The molecule has 0 spiro atoms. The molecule has 1 nitrogen and oxygen atoms in total. The molecule has 28 valence electrons. The average molecular weight is 69.1 g/mol. The summed E-state index contributed by atoms with van der Waals surface area (Å²) in [4.78, 5) is 3.42. The molecule has 0 aliphatic carbocycles. The fourth-order valence-corrected chi connectivity index (χ4v) is 0.105. The Hall–Kier alpha value is -0.590. The van der Waals surface area contributed by atoms with Gasteiger partial charge in [0.15, 0.2) is 0 Å². The lowest BCUT2D eigenvalue weighted by Gasteiger charge is -1.58. The number of allylic oxidation sites excluding steroid dienone is 1. The lowest BCUT2D eigenvalue weighted by atomic mass is 10.7. The van der Waals surface area contributed by atoms with Gasteiger partial charge in [-0.1, -0.05) is 6.08 Å². The van der Waals surface area contributed by atoms with Crippen LogP contribution >= 0.6 is 0 Å². The predicted molar refractivity (Wildman–Crippen MR) is 24.4 cm³/mol. The molecule has 0 bridgehead atoms. The highest BCUT2D eigenvalue weighted by Crippen LogP contribution is 1.63. The van der Waals surface area contributed by atoms with Crippen LogP contribution in [0.3, 0.4) is 0 Å². The molecule has 0 N–H and O–H groups in total. The number of hydrogen-bond acceptors (Lipinski definition) is 1. The van der Waals surface area contributed by atoms with E-state index in [0.29, 0.717) is 0 Å². The topological polar surface area (TPSA) is 12.4 Å². The van der Waals surface area contributed by atoms with Gasteiger partial charge in [-0.05, 0) is 13.6 Å². The molecule has 0 rings (SSSR count). The quantitative estimate of drug-likeness (QED) is 0.410. The Bertz CT molecular complexity index is 45.6. The molecule has 0 unspecified atom stereocenters. The van der Waals surface area contributed by atoms with Gasteiger partial charge < -0.3 is 0 Å². The summed E-state index contributed by atoms with van der Waals surface area (Å²) in [6.07, 6.45) is 3.47. The molecule has 0 aromatic carbocycles. The first kappa shape index (κ1) is 4.41. The van der Waals surface area contributed by atoms with Gasteiger partial charge in [-0.15, -0.1) is 0 Å². The number of aliphatic imine (C=N–C) groups is 1. The van der Waals surface area contributed by atoms with Gasteiger partial charge in [0.05, 0.1) is 0 Å². The Morgan fingerprint density at radius 3 is 2.40 bits per heavy atom. The lowest BCUT2D eigenvalue weighted by Crippen LogP contribution is -1.36. The maximum atomic E-state index is 3.42. The van der Waals surface area contributed by atoms with Crippen molar-refractivity contribution >= 4 is 6.72 Å². The van der Waals surface area contributed by atoms with Crippen molar-refractivity contribution in [3.63, 3.8) is 0 Å². The standard InChI is InChI=1S/C4H7N/c1-3-4-5-2/h3-4H,2H2,1H3/b4-3-. The average Bonchev–Trinajstić information content (AvgIpc) is 1.41. The van der Waals surface area contributed by atoms with Gasteiger partial charge in [0.25, 0.3) is 0 Å². The lowest BCUT2D eigenvalue weighted by molar-refractivity contribution is 1.56. The second kappa shape index (κ2) is 3.41. The zero-order chi connectivity index (χ0) is 4.12. The van der Waals surface area contributed by atoms with Gasteiger partial charge >= 0.3 is 0 Å². The van der Waals surface area contributed by atoms with E-state index in [1.54, 1.807) is 6.20 Å². The second-order valence-corrected chi connectivity index (χ2v) is 0.665. The van der Waals surface area contributed by atoms with Crippen LogP contribution in [0.25, 0.3) is 0 Å². The molecule has 0 aliphatic heterocycles. The maximum Gasteiger partial charge on any atom is 0.0217 e. The highest BCUT2D eigenvalue weighted by molar-refractivity contribution is 5.25. The molecule has 0 aromatic rings. The van der Waals surface area contributed by atoms with Gasteiger partial charge in [0.1, 0.15) is 0 Å². The van der Waals surface area contributed by atoms with Gasteiger partial charge in [-0.25, -0.2) is 0 Å². The summed E-state index contributed by atoms with van der Waals surface area (Å²) < 4.78 is 0. The largest absolute Gasteiger partial charge is 0.273 e.